The molecule has 2 N–H and O–H groups in total. The molecule has 7 heteroatoms. The summed E-state index contributed by atoms with van der Waals surface area (Å²) in [7, 11) is 0. The highest BCUT2D eigenvalue weighted by atomic mass is 16.5. The van der Waals surface area contributed by atoms with Crippen LogP contribution >= 0.6 is 0 Å². The zero-order valence-corrected chi connectivity index (χ0v) is 9.88. The van der Waals surface area contributed by atoms with Gasteiger partial charge >= 0.3 is 0 Å². The zero-order valence-electron chi connectivity index (χ0n) is 9.88. The van der Waals surface area contributed by atoms with E-state index < -0.39 is 0 Å². The summed E-state index contributed by atoms with van der Waals surface area (Å²) in [6.45, 7) is 2.04. The van der Waals surface area contributed by atoms with Crippen LogP contribution in [0.2, 0.25) is 0 Å². The molecular weight excluding hydrogens is 234 g/mol. The molecule has 3 heterocycles. The van der Waals surface area contributed by atoms with Crippen molar-refractivity contribution in [2.45, 2.75) is 25.8 Å². The standard InChI is InChI=1S/C11H13N5O2/c1-6-4-7(14-8(17)5-6)11-15-10(16-18-11)9-12-2-3-13-9/h2-3,6-7H,4-5H2,1H3,(H,12,13)(H,14,17)/t6-,7-/m0/s1. The number of nitrogens with zero attached hydrogens (tertiary/aromatic N) is 3. The number of aromatic amines is 1. The molecule has 0 aliphatic carbocycles. The summed E-state index contributed by atoms with van der Waals surface area (Å²) in [5.41, 5.74) is 0. The second-order valence-corrected chi connectivity index (χ2v) is 4.56. The molecule has 0 saturated carbocycles. The molecule has 3 rings (SSSR count). The van der Waals surface area contributed by atoms with Gasteiger partial charge in [0.1, 0.15) is 6.04 Å². The maximum absolute atomic E-state index is 11.5. The second kappa shape index (κ2) is 4.25. The number of aromatic nitrogens is 4. The molecule has 1 amide bonds. The molecule has 0 radical (unpaired) electrons. The van der Waals surface area contributed by atoms with Crippen LogP contribution in [0.25, 0.3) is 11.6 Å². The molecule has 0 unspecified atom stereocenters. The maximum Gasteiger partial charge on any atom is 0.249 e. The van der Waals surface area contributed by atoms with Gasteiger partial charge < -0.3 is 14.8 Å². The lowest BCUT2D eigenvalue weighted by molar-refractivity contribution is -0.124. The van der Waals surface area contributed by atoms with Crippen LogP contribution < -0.4 is 5.32 Å². The van der Waals surface area contributed by atoms with Crippen molar-refractivity contribution in [1.29, 1.82) is 0 Å². The summed E-state index contributed by atoms with van der Waals surface area (Å²) in [6, 6.07) is -0.197. The molecule has 7 nitrogen and oxygen atoms in total. The Balaban J connectivity index is 1.83. The van der Waals surface area contributed by atoms with Crippen molar-refractivity contribution in [3.63, 3.8) is 0 Å². The first-order valence-corrected chi connectivity index (χ1v) is 5.85. The van der Waals surface area contributed by atoms with E-state index in [0.29, 0.717) is 29.9 Å². The van der Waals surface area contributed by atoms with E-state index in [9.17, 15) is 4.79 Å². The Hall–Kier alpha value is -2.18. The lowest BCUT2D eigenvalue weighted by Gasteiger charge is -2.24. The van der Waals surface area contributed by atoms with Gasteiger partial charge in [-0.05, 0) is 12.3 Å². The molecule has 2 aromatic heterocycles. The van der Waals surface area contributed by atoms with Crippen LogP contribution in [-0.4, -0.2) is 26.0 Å². The number of carbonyl (C=O) groups is 1. The summed E-state index contributed by atoms with van der Waals surface area (Å²) in [6.07, 6.45) is 4.67. The zero-order chi connectivity index (χ0) is 12.5. The molecule has 0 bridgehead atoms. The van der Waals surface area contributed by atoms with Gasteiger partial charge in [-0.1, -0.05) is 12.1 Å². The van der Waals surface area contributed by atoms with Crippen LogP contribution in [0.15, 0.2) is 16.9 Å². The molecule has 94 valence electrons. The number of imidazole rings is 1. The van der Waals surface area contributed by atoms with E-state index >= 15 is 0 Å². The lowest BCUT2D eigenvalue weighted by Crippen LogP contribution is -2.36. The predicted octanol–water partition coefficient (Wildman–Crippen LogP) is 1.05. The first-order chi connectivity index (χ1) is 8.72. The normalized spacial score (nSPS) is 23.9. The summed E-state index contributed by atoms with van der Waals surface area (Å²) in [5.74, 6) is 1.74. The molecule has 2 aromatic rings. The van der Waals surface area contributed by atoms with Crippen LogP contribution in [0.3, 0.4) is 0 Å². The molecule has 0 aromatic carbocycles. The second-order valence-electron chi connectivity index (χ2n) is 4.56. The van der Waals surface area contributed by atoms with Crippen molar-refractivity contribution >= 4 is 5.91 Å². The van der Waals surface area contributed by atoms with Gasteiger partial charge in [0.05, 0.1) is 0 Å². The van der Waals surface area contributed by atoms with Crippen LogP contribution in [-0.2, 0) is 4.79 Å². The average Bonchev–Trinajstić information content (AvgIpc) is 2.99. The van der Waals surface area contributed by atoms with E-state index in [1.807, 2.05) is 6.92 Å². The highest BCUT2D eigenvalue weighted by Crippen LogP contribution is 2.27. The third kappa shape index (κ3) is 1.99. The Bertz CT molecular complexity index is 548. The van der Waals surface area contributed by atoms with Crippen LogP contribution in [0.4, 0.5) is 0 Å². The summed E-state index contributed by atoms with van der Waals surface area (Å²) in [5, 5.41) is 6.71. The number of nitrogens with one attached hydrogen (secondary N) is 2. The summed E-state index contributed by atoms with van der Waals surface area (Å²) in [4.78, 5) is 22.7. The molecule has 1 aliphatic rings. The number of H-pyrrole nitrogens is 1. The first kappa shape index (κ1) is 10.9. The van der Waals surface area contributed by atoms with E-state index in [1.165, 1.54) is 0 Å². The highest BCUT2D eigenvalue weighted by molar-refractivity contribution is 5.77. The third-order valence-corrected chi connectivity index (χ3v) is 2.96. The topological polar surface area (TPSA) is 96.7 Å². The van der Waals surface area contributed by atoms with E-state index in [2.05, 4.69) is 25.4 Å². The van der Waals surface area contributed by atoms with Crippen molar-refractivity contribution in [3.05, 3.63) is 18.3 Å². The smallest absolute Gasteiger partial charge is 0.249 e. The Labute approximate surface area is 103 Å². The van der Waals surface area contributed by atoms with Gasteiger partial charge in [-0.15, -0.1) is 0 Å². The molecule has 1 fully saturated rings. The van der Waals surface area contributed by atoms with Gasteiger partial charge in [-0.25, -0.2) is 4.98 Å². The van der Waals surface area contributed by atoms with Crippen molar-refractivity contribution in [1.82, 2.24) is 25.4 Å². The quantitative estimate of drug-likeness (QED) is 0.826. The minimum Gasteiger partial charge on any atom is -0.344 e. The molecule has 1 saturated heterocycles. The fraction of sp³-hybridized carbons (Fsp3) is 0.455. The molecule has 1 aliphatic heterocycles. The maximum atomic E-state index is 11.5. The van der Waals surface area contributed by atoms with Gasteiger partial charge in [-0.2, -0.15) is 4.98 Å². The van der Waals surface area contributed by atoms with Crippen molar-refractivity contribution < 1.29 is 9.32 Å². The number of amides is 1. The number of carbonyl (C=O) groups excluding carboxylic acids is 1. The van der Waals surface area contributed by atoms with E-state index in [1.54, 1.807) is 12.4 Å². The first-order valence-electron chi connectivity index (χ1n) is 5.85. The van der Waals surface area contributed by atoms with E-state index in [-0.39, 0.29) is 11.9 Å². The summed E-state index contributed by atoms with van der Waals surface area (Å²) >= 11 is 0. The van der Waals surface area contributed by atoms with Gasteiger partial charge in [0, 0.05) is 18.8 Å². The minimum atomic E-state index is -0.197. The molecule has 2 atom stereocenters. The van der Waals surface area contributed by atoms with Gasteiger partial charge in [0.2, 0.25) is 17.6 Å². The summed E-state index contributed by atoms with van der Waals surface area (Å²) < 4.78 is 5.19. The lowest BCUT2D eigenvalue weighted by atomic mass is 9.94. The number of piperidine rings is 1. The van der Waals surface area contributed by atoms with Crippen LogP contribution in [0.1, 0.15) is 31.7 Å². The van der Waals surface area contributed by atoms with Crippen molar-refractivity contribution in [2.75, 3.05) is 0 Å². The fourth-order valence-electron chi connectivity index (χ4n) is 2.14. The number of hydrogen-bond acceptors (Lipinski definition) is 5. The van der Waals surface area contributed by atoms with Crippen molar-refractivity contribution in [3.8, 4) is 11.6 Å². The van der Waals surface area contributed by atoms with E-state index in [0.717, 1.165) is 6.42 Å². The number of rotatable bonds is 2. The third-order valence-electron chi connectivity index (χ3n) is 2.96. The Morgan fingerprint density at radius 2 is 2.39 bits per heavy atom. The average molecular weight is 247 g/mol. The SMILES string of the molecule is C[C@@H]1CC(=O)N[C@H](c2nc(-c3ncc[nH]3)no2)C1. The fourth-order valence-corrected chi connectivity index (χ4v) is 2.14. The molecular formula is C11H13N5O2. The van der Waals surface area contributed by atoms with Gasteiger partial charge in [-0.3, -0.25) is 4.79 Å². The highest BCUT2D eigenvalue weighted by Gasteiger charge is 2.29. The van der Waals surface area contributed by atoms with Crippen LogP contribution in [0.5, 0.6) is 0 Å². The Morgan fingerprint density at radius 1 is 1.50 bits per heavy atom. The van der Waals surface area contributed by atoms with E-state index in [4.69, 9.17) is 4.52 Å². The Morgan fingerprint density at radius 3 is 3.11 bits per heavy atom. The molecule has 0 spiro atoms. The number of hydrogen-bond donors (Lipinski definition) is 2. The van der Waals surface area contributed by atoms with Crippen LogP contribution in [0, 0.1) is 5.92 Å². The minimum absolute atomic E-state index is 0.0245. The largest absolute Gasteiger partial charge is 0.344 e. The molecule has 18 heavy (non-hydrogen) atoms. The predicted molar refractivity (Wildman–Crippen MR) is 61.2 cm³/mol. The Kier molecular flexibility index (Phi) is 2.58. The van der Waals surface area contributed by atoms with Gasteiger partial charge in [0.15, 0.2) is 5.82 Å². The van der Waals surface area contributed by atoms with Crippen molar-refractivity contribution in [2.24, 2.45) is 5.92 Å². The van der Waals surface area contributed by atoms with Gasteiger partial charge in [0.25, 0.3) is 0 Å². The monoisotopic (exact) mass is 247 g/mol.